The molecule has 6 nitrogen and oxygen atoms in total. The van der Waals surface area contributed by atoms with E-state index in [1.807, 2.05) is 4.52 Å². The predicted molar refractivity (Wildman–Crippen MR) is 82.4 cm³/mol. The molecule has 0 bridgehead atoms. The molecule has 0 saturated carbocycles. The Bertz CT molecular complexity index is 600. The molecule has 1 aliphatic rings. The summed E-state index contributed by atoms with van der Waals surface area (Å²) in [7, 11) is 0. The highest BCUT2D eigenvalue weighted by Crippen LogP contribution is 2.30. The molecule has 7 heteroatoms. The Hall–Kier alpha value is -1.05. The van der Waals surface area contributed by atoms with Gasteiger partial charge >= 0.3 is 0 Å². The van der Waals surface area contributed by atoms with E-state index in [-0.39, 0.29) is 11.5 Å². The van der Waals surface area contributed by atoms with Crippen molar-refractivity contribution in [1.29, 1.82) is 0 Å². The number of ether oxygens (including phenoxy) is 1. The molecule has 3 heterocycles. The highest BCUT2D eigenvalue weighted by Gasteiger charge is 2.25. The first-order valence-corrected chi connectivity index (χ1v) is 8.43. The fourth-order valence-corrected chi connectivity index (χ4v) is 3.56. The molecule has 1 aliphatic heterocycles. The summed E-state index contributed by atoms with van der Waals surface area (Å²) in [5, 5.41) is 14.3. The average Bonchev–Trinajstić information content (AvgIpc) is 3.12. The van der Waals surface area contributed by atoms with Gasteiger partial charge in [0.1, 0.15) is 11.1 Å². The molecule has 3 rings (SSSR count). The molecule has 2 aromatic rings. The van der Waals surface area contributed by atoms with Gasteiger partial charge in [0.25, 0.3) is 0 Å². The molecule has 21 heavy (non-hydrogen) atoms. The minimum Gasteiger partial charge on any atom is -0.370 e. The van der Waals surface area contributed by atoms with E-state index in [1.54, 1.807) is 11.3 Å². The second kappa shape index (κ2) is 5.98. The number of hydrogen-bond donors (Lipinski definition) is 1. The predicted octanol–water partition coefficient (Wildman–Crippen LogP) is 2.34. The molecule has 1 unspecified atom stereocenters. The van der Waals surface area contributed by atoms with Gasteiger partial charge in [-0.05, 0) is 37.6 Å². The first-order chi connectivity index (χ1) is 10.1. The van der Waals surface area contributed by atoms with Crippen LogP contribution in [0.4, 0.5) is 0 Å². The van der Waals surface area contributed by atoms with Crippen LogP contribution in [0.1, 0.15) is 56.5 Å². The van der Waals surface area contributed by atoms with Gasteiger partial charge in [-0.2, -0.15) is 9.61 Å². The smallest absolute Gasteiger partial charge is 0.234 e. The number of nitrogens with two attached hydrogens (primary N) is 1. The van der Waals surface area contributed by atoms with Gasteiger partial charge in [0.2, 0.25) is 4.96 Å². The van der Waals surface area contributed by atoms with Crippen LogP contribution in [0.15, 0.2) is 0 Å². The number of hydrogen-bond acceptors (Lipinski definition) is 6. The second-order valence-electron chi connectivity index (χ2n) is 6.45. The molecule has 1 saturated heterocycles. The minimum atomic E-state index is 0.0589. The molecular formula is C14H23N5OS. The van der Waals surface area contributed by atoms with Crippen LogP contribution in [0.5, 0.6) is 0 Å². The van der Waals surface area contributed by atoms with Crippen LogP contribution in [-0.2, 0) is 11.2 Å². The van der Waals surface area contributed by atoms with E-state index < -0.39 is 0 Å². The maximum absolute atomic E-state index is 5.69. The van der Waals surface area contributed by atoms with Gasteiger partial charge in [0.15, 0.2) is 5.82 Å². The molecule has 0 aromatic carbocycles. The maximum atomic E-state index is 5.69. The van der Waals surface area contributed by atoms with Crippen LogP contribution >= 0.6 is 11.3 Å². The van der Waals surface area contributed by atoms with Crippen LogP contribution in [0.3, 0.4) is 0 Å². The molecule has 116 valence electrons. The van der Waals surface area contributed by atoms with Gasteiger partial charge < -0.3 is 10.5 Å². The van der Waals surface area contributed by atoms with Gasteiger partial charge in [-0.25, -0.2) is 0 Å². The lowest BCUT2D eigenvalue weighted by Gasteiger charge is -2.22. The lowest BCUT2D eigenvalue weighted by atomic mass is 9.84. The third kappa shape index (κ3) is 3.25. The molecule has 1 fully saturated rings. The molecule has 0 spiro atoms. The van der Waals surface area contributed by atoms with E-state index in [2.05, 4.69) is 29.1 Å². The third-order valence-corrected chi connectivity index (χ3v) is 5.07. The molecule has 1 atom stereocenters. The van der Waals surface area contributed by atoms with E-state index in [1.165, 1.54) is 0 Å². The lowest BCUT2D eigenvalue weighted by molar-refractivity contribution is 0.103. The van der Waals surface area contributed by atoms with Crippen LogP contribution in [0.25, 0.3) is 4.96 Å². The normalized spacial score (nSPS) is 19.7. The number of aryl methyl sites for hydroxylation is 1. The van der Waals surface area contributed by atoms with E-state index in [0.29, 0.717) is 0 Å². The van der Waals surface area contributed by atoms with Crippen molar-refractivity contribution in [2.75, 3.05) is 13.2 Å². The summed E-state index contributed by atoms with van der Waals surface area (Å²) in [6.07, 6.45) is 5.25. The minimum absolute atomic E-state index is 0.0589. The topological polar surface area (TPSA) is 78.3 Å². The van der Waals surface area contributed by atoms with Crippen molar-refractivity contribution in [3.05, 3.63) is 10.8 Å². The van der Waals surface area contributed by atoms with E-state index in [9.17, 15) is 0 Å². The number of nitrogens with zero attached hydrogens (tertiary/aromatic N) is 4. The zero-order chi connectivity index (χ0) is 14.9. The molecule has 2 aromatic heterocycles. The van der Waals surface area contributed by atoms with Gasteiger partial charge in [-0.3, -0.25) is 0 Å². The first kappa shape index (κ1) is 14.9. The standard InChI is InChI=1S/C14H23N5OS/c1-14(2,7-8-15)6-5-11-18-19-12(10-4-3-9-20-10)16-17-13(19)21-11/h10H,3-9,15H2,1-2H3. The summed E-state index contributed by atoms with van der Waals surface area (Å²) in [6, 6.07) is 0. The van der Waals surface area contributed by atoms with Crippen molar-refractivity contribution < 1.29 is 4.74 Å². The van der Waals surface area contributed by atoms with Gasteiger partial charge in [0.05, 0.1) is 0 Å². The second-order valence-corrected chi connectivity index (χ2v) is 7.49. The average molecular weight is 309 g/mol. The highest BCUT2D eigenvalue weighted by atomic mass is 32.1. The van der Waals surface area contributed by atoms with E-state index >= 15 is 0 Å². The Balaban J connectivity index is 1.72. The summed E-state index contributed by atoms with van der Waals surface area (Å²) in [5.41, 5.74) is 5.93. The fourth-order valence-electron chi connectivity index (χ4n) is 2.72. The molecule has 0 amide bonds. The van der Waals surface area contributed by atoms with Gasteiger partial charge in [0, 0.05) is 13.0 Å². The summed E-state index contributed by atoms with van der Waals surface area (Å²) in [5.74, 6) is 0.853. The summed E-state index contributed by atoms with van der Waals surface area (Å²) < 4.78 is 7.56. The van der Waals surface area contributed by atoms with Gasteiger partial charge in [-0.1, -0.05) is 25.2 Å². The summed E-state index contributed by atoms with van der Waals surface area (Å²) >= 11 is 1.63. The van der Waals surface area contributed by atoms with Crippen LogP contribution < -0.4 is 5.73 Å². The highest BCUT2D eigenvalue weighted by molar-refractivity contribution is 7.16. The zero-order valence-corrected chi connectivity index (χ0v) is 13.5. The fraction of sp³-hybridized carbons (Fsp3) is 0.786. The van der Waals surface area contributed by atoms with E-state index in [4.69, 9.17) is 10.5 Å². The van der Waals surface area contributed by atoms with Crippen molar-refractivity contribution in [1.82, 2.24) is 19.8 Å². The number of aromatic nitrogens is 4. The molecular weight excluding hydrogens is 286 g/mol. The lowest BCUT2D eigenvalue weighted by Crippen LogP contribution is -2.17. The Kier molecular flexibility index (Phi) is 4.24. The van der Waals surface area contributed by atoms with Gasteiger partial charge in [-0.15, -0.1) is 10.2 Å². The molecule has 2 N–H and O–H groups in total. The molecule has 0 aliphatic carbocycles. The number of fused-ring (bicyclic) bond motifs is 1. The van der Waals surface area contributed by atoms with Crippen LogP contribution in [-0.4, -0.2) is 33.0 Å². The summed E-state index contributed by atoms with van der Waals surface area (Å²) in [4.78, 5) is 0.868. The summed E-state index contributed by atoms with van der Waals surface area (Å²) in [6.45, 7) is 6.07. The van der Waals surface area contributed by atoms with Crippen molar-refractivity contribution in [3.63, 3.8) is 0 Å². The van der Waals surface area contributed by atoms with Crippen molar-refractivity contribution in [3.8, 4) is 0 Å². The number of rotatable bonds is 6. The van der Waals surface area contributed by atoms with Crippen molar-refractivity contribution in [2.45, 2.75) is 52.1 Å². The third-order valence-electron chi connectivity index (χ3n) is 4.11. The SMILES string of the molecule is CC(C)(CCN)CCc1nn2c(C3CCCO3)nnc2s1. The van der Waals surface area contributed by atoms with Crippen molar-refractivity contribution in [2.24, 2.45) is 11.1 Å². The van der Waals surface area contributed by atoms with Crippen molar-refractivity contribution >= 4 is 16.3 Å². The monoisotopic (exact) mass is 309 g/mol. The Morgan fingerprint density at radius 1 is 1.38 bits per heavy atom. The maximum Gasteiger partial charge on any atom is 0.234 e. The first-order valence-electron chi connectivity index (χ1n) is 7.62. The Morgan fingerprint density at radius 3 is 2.95 bits per heavy atom. The molecule has 0 radical (unpaired) electrons. The largest absolute Gasteiger partial charge is 0.370 e. The Morgan fingerprint density at radius 2 is 2.24 bits per heavy atom. The zero-order valence-electron chi connectivity index (χ0n) is 12.7. The quantitative estimate of drug-likeness (QED) is 0.886. The van der Waals surface area contributed by atoms with Crippen LogP contribution in [0.2, 0.25) is 0 Å². The Labute approximate surface area is 128 Å². The van der Waals surface area contributed by atoms with Crippen LogP contribution in [0, 0.1) is 5.41 Å². The van der Waals surface area contributed by atoms with E-state index in [0.717, 1.165) is 61.0 Å².